The van der Waals surface area contributed by atoms with Crippen molar-refractivity contribution in [2.24, 2.45) is 5.41 Å². The van der Waals surface area contributed by atoms with Crippen LogP contribution in [0, 0.1) is 12.3 Å². The van der Waals surface area contributed by atoms with Gasteiger partial charge in [-0.25, -0.2) is 4.98 Å². The van der Waals surface area contributed by atoms with E-state index in [2.05, 4.69) is 30.7 Å². The zero-order valence-corrected chi connectivity index (χ0v) is 17.7. The van der Waals surface area contributed by atoms with E-state index in [-0.39, 0.29) is 16.9 Å². The predicted molar refractivity (Wildman–Crippen MR) is 110 cm³/mol. The highest BCUT2D eigenvalue weighted by atomic mass is 16.5. The van der Waals surface area contributed by atoms with Crippen molar-refractivity contribution in [2.45, 2.75) is 65.8 Å². The molecule has 1 amide bonds. The maximum Gasteiger partial charge on any atom is 0.255 e. The summed E-state index contributed by atoms with van der Waals surface area (Å²) in [6, 6.07) is 0.297. The van der Waals surface area contributed by atoms with Crippen molar-refractivity contribution in [1.29, 1.82) is 0 Å². The highest BCUT2D eigenvalue weighted by Gasteiger charge is 2.38. The lowest BCUT2D eigenvalue weighted by Gasteiger charge is -2.37. The minimum atomic E-state index is -0.131. The van der Waals surface area contributed by atoms with E-state index in [0.29, 0.717) is 49.3 Å². The van der Waals surface area contributed by atoms with E-state index in [4.69, 9.17) is 4.74 Å². The van der Waals surface area contributed by atoms with Crippen LogP contribution in [0.5, 0.6) is 0 Å². The molecule has 7 nitrogen and oxygen atoms in total. The Labute approximate surface area is 167 Å². The molecule has 0 aromatic carbocycles. The van der Waals surface area contributed by atoms with Gasteiger partial charge in [-0.1, -0.05) is 20.8 Å². The number of morpholine rings is 1. The third kappa shape index (κ3) is 4.40. The van der Waals surface area contributed by atoms with Crippen molar-refractivity contribution in [3.63, 3.8) is 0 Å². The Kier molecular flexibility index (Phi) is 6.43. The lowest BCUT2D eigenvalue weighted by molar-refractivity contribution is -0.134. The minimum Gasteiger partial charge on any atom is -0.378 e. The molecular formula is C21H34N4O3. The van der Waals surface area contributed by atoms with Gasteiger partial charge in [0.25, 0.3) is 5.56 Å². The smallest absolute Gasteiger partial charge is 0.255 e. The SMILES string of the molecule is CCC(C)(C)C1CCCN1C(=O)CCc1c(C)nc(N2CCOCC2)[nH]c1=O. The number of rotatable bonds is 6. The van der Waals surface area contributed by atoms with E-state index in [0.717, 1.165) is 38.9 Å². The molecule has 2 saturated heterocycles. The lowest BCUT2D eigenvalue weighted by atomic mass is 9.80. The molecule has 3 heterocycles. The van der Waals surface area contributed by atoms with E-state index >= 15 is 0 Å². The van der Waals surface area contributed by atoms with E-state index in [1.807, 2.05) is 16.7 Å². The molecule has 2 aliphatic rings. The Morgan fingerprint density at radius 3 is 2.64 bits per heavy atom. The van der Waals surface area contributed by atoms with Crippen molar-refractivity contribution in [3.05, 3.63) is 21.6 Å². The van der Waals surface area contributed by atoms with Gasteiger partial charge in [0.05, 0.1) is 13.2 Å². The molecule has 0 saturated carbocycles. The van der Waals surface area contributed by atoms with Gasteiger partial charge in [-0.2, -0.15) is 0 Å². The number of H-pyrrole nitrogens is 1. The fourth-order valence-corrected chi connectivity index (χ4v) is 4.30. The molecule has 0 radical (unpaired) electrons. The summed E-state index contributed by atoms with van der Waals surface area (Å²) in [5.41, 5.74) is 1.33. The predicted octanol–water partition coefficient (Wildman–Crippen LogP) is 2.27. The number of ether oxygens (including phenoxy) is 1. The highest BCUT2D eigenvalue weighted by Crippen LogP contribution is 2.36. The summed E-state index contributed by atoms with van der Waals surface area (Å²) in [5.74, 6) is 0.755. The van der Waals surface area contributed by atoms with Crippen LogP contribution >= 0.6 is 0 Å². The largest absolute Gasteiger partial charge is 0.378 e. The first-order chi connectivity index (χ1) is 13.3. The molecule has 0 spiro atoms. The number of carbonyl (C=O) groups excluding carboxylic acids is 1. The molecule has 2 fully saturated rings. The summed E-state index contributed by atoms with van der Waals surface area (Å²) >= 11 is 0. The Balaban J connectivity index is 1.67. The van der Waals surface area contributed by atoms with Crippen molar-refractivity contribution in [3.8, 4) is 0 Å². The third-order valence-electron chi connectivity index (χ3n) is 6.50. The summed E-state index contributed by atoms with van der Waals surface area (Å²) in [6.45, 7) is 12.1. The monoisotopic (exact) mass is 390 g/mol. The first-order valence-corrected chi connectivity index (χ1v) is 10.6. The summed E-state index contributed by atoms with van der Waals surface area (Å²) in [5, 5.41) is 0. The van der Waals surface area contributed by atoms with Crippen LogP contribution in [-0.2, 0) is 16.0 Å². The van der Waals surface area contributed by atoms with E-state index in [1.54, 1.807) is 0 Å². The van der Waals surface area contributed by atoms with Gasteiger partial charge in [0, 0.05) is 43.4 Å². The van der Waals surface area contributed by atoms with Crippen LogP contribution in [0.15, 0.2) is 4.79 Å². The average Bonchev–Trinajstić information content (AvgIpc) is 3.18. The van der Waals surface area contributed by atoms with Crippen molar-refractivity contribution >= 4 is 11.9 Å². The van der Waals surface area contributed by atoms with Crippen molar-refractivity contribution in [1.82, 2.24) is 14.9 Å². The number of nitrogens with one attached hydrogen (secondary N) is 1. The van der Waals surface area contributed by atoms with Crippen LogP contribution in [0.1, 0.15) is 57.7 Å². The zero-order chi connectivity index (χ0) is 20.3. The Morgan fingerprint density at radius 2 is 2.00 bits per heavy atom. The normalized spacial score (nSPS) is 20.6. The maximum atomic E-state index is 12.9. The number of anilines is 1. The van der Waals surface area contributed by atoms with Gasteiger partial charge in [-0.3, -0.25) is 14.6 Å². The molecule has 1 N–H and O–H groups in total. The first-order valence-electron chi connectivity index (χ1n) is 10.6. The minimum absolute atomic E-state index is 0.126. The topological polar surface area (TPSA) is 78.5 Å². The summed E-state index contributed by atoms with van der Waals surface area (Å²) < 4.78 is 5.36. The quantitative estimate of drug-likeness (QED) is 0.806. The highest BCUT2D eigenvalue weighted by molar-refractivity contribution is 5.77. The molecule has 1 unspecified atom stereocenters. The second kappa shape index (κ2) is 8.64. The van der Waals surface area contributed by atoms with Gasteiger partial charge < -0.3 is 14.5 Å². The number of aromatic nitrogens is 2. The number of aromatic amines is 1. The molecule has 1 aromatic rings. The first kappa shape index (κ1) is 20.8. The van der Waals surface area contributed by atoms with Crippen LogP contribution in [0.3, 0.4) is 0 Å². The number of nitrogens with zero attached hydrogens (tertiary/aromatic N) is 3. The molecule has 28 heavy (non-hydrogen) atoms. The molecule has 0 aliphatic carbocycles. The number of carbonyl (C=O) groups is 1. The molecule has 3 rings (SSSR count). The van der Waals surface area contributed by atoms with Gasteiger partial charge in [0.15, 0.2) is 0 Å². The molecule has 2 aliphatic heterocycles. The molecule has 0 bridgehead atoms. The molecule has 7 heteroatoms. The van der Waals surface area contributed by atoms with Crippen LogP contribution in [0.25, 0.3) is 0 Å². The van der Waals surface area contributed by atoms with Gasteiger partial charge in [0.2, 0.25) is 11.9 Å². The fourth-order valence-electron chi connectivity index (χ4n) is 4.30. The number of amides is 1. The number of aryl methyl sites for hydroxylation is 1. The van der Waals surface area contributed by atoms with Crippen molar-refractivity contribution in [2.75, 3.05) is 37.7 Å². The van der Waals surface area contributed by atoms with Gasteiger partial charge in [-0.15, -0.1) is 0 Å². The molecule has 156 valence electrons. The lowest BCUT2D eigenvalue weighted by Crippen LogP contribution is -2.44. The van der Waals surface area contributed by atoms with Crippen LogP contribution in [0.4, 0.5) is 5.95 Å². The Bertz CT molecular complexity index is 753. The van der Waals surface area contributed by atoms with Gasteiger partial charge >= 0.3 is 0 Å². The molecular weight excluding hydrogens is 356 g/mol. The summed E-state index contributed by atoms with van der Waals surface area (Å²) in [4.78, 5) is 37.1. The Hall–Kier alpha value is -1.89. The van der Waals surface area contributed by atoms with Crippen LogP contribution < -0.4 is 10.5 Å². The van der Waals surface area contributed by atoms with E-state index < -0.39 is 0 Å². The van der Waals surface area contributed by atoms with E-state index in [1.165, 1.54) is 0 Å². The second-order valence-electron chi connectivity index (χ2n) is 8.64. The molecule has 1 aromatic heterocycles. The second-order valence-corrected chi connectivity index (χ2v) is 8.64. The van der Waals surface area contributed by atoms with Crippen LogP contribution in [0.2, 0.25) is 0 Å². The van der Waals surface area contributed by atoms with Crippen molar-refractivity contribution < 1.29 is 9.53 Å². The number of hydrogen-bond acceptors (Lipinski definition) is 5. The molecule has 1 atom stereocenters. The van der Waals surface area contributed by atoms with Crippen LogP contribution in [-0.4, -0.2) is 59.7 Å². The fraction of sp³-hybridized carbons (Fsp3) is 0.762. The summed E-state index contributed by atoms with van der Waals surface area (Å²) in [7, 11) is 0. The Morgan fingerprint density at radius 1 is 1.29 bits per heavy atom. The maximum absolute atomic E-state index is 12.9. The standard InChI is InChI=1S/C21H34N4O3/c1-5-21(3,4)17-7-6-10-25(17)18(26)9-8-16-15(2)22-20(23-19(16)27)24-11-13-28-14-12-24/h17H,5-14H2,1-4H3,(H,22,23,27). The number of likely N-dealkylation sites (tertiary alicyclic amines) is 1. The van der Waals surface area contributed by atoms with Gasteiger partial charge in [0.1, 0.15) is 0 Å². The summed E-state index contributed by atoms with van der Waals surface area (Å²) in [6.07, 6.45) is 3.98. The third-order valence-corrected chi connectivity index (χ3v) is 6.50. The number of hydrogen-bond donors (Lipinski definition) is 1. The average molecular weight is 391 g/mol. The van der Waals surface area contributed by atoms with E-state index in [9.17, 15) is 9.59 Å². The zero-order valence-electron chi connectivity index (χ0n) is 17.7. The van der Waals surface area contributed by atoms with Gasteiger partial charge in [-0.05, 0) is 38.0 Å².